The van der Waals surface area contributed by atoms with Gasteiger partial charge in [0.1, 0.15) is 4.21 Å². The summed E-state index contributed by atoms with van der Waals surface area (Å²) in [5.74, 6) is 0. The van der Waals surface area contributed by atoms with Gasteiger partial charge >= 0.3 is 0 Å². The number of hydrogen-bond acceptors (Lipinski definition) is 4. The minimum Gasteiger partial charge on any atom is -0.206 e. The van der Waals surface area contributed by atoms with E-state index in [1.165, 1.54) is 11.3 Å². The summed E-state index contributed by atoms with van der Waals surface area (Å²) in [5, 5.41) is 3.81. The lowest BCUT2D eigenvalue weighted by atomic mass is 10.2. The van der Waals surface area contributed by atoms with E-state index in [0.29, 0.717) is 10.8 Å². The van der Waals surface area contributed by atoms with Crippen molar-refractivity contribution >= 4 is 32.7 Å². The zero-order chi connectivity index (χ0) is 12.6. The normalized spacial score (nSPS) is 21.4. The van der Waals surface area contributed by atoms with Gasteiger partial charge in [0.15, 0.2) is 0 Å². The monoisotopic (exact) mass is 299 g/mol. The number of nitrogens with zero attached hydrogens (tertiary/aromatic N) is 1. The van der Waals surface area contributed by atoms with Crippen molar-refractivity contribution in [1.29, 1.82) is 0 Å². The molecule has 6 heteroatoms. The minimum atomic E-state index is -3.31. The maximum Gasteiger partial charge on any atom is 0.253 e. The van der Waals surface area contributed by atoms with Gasteiger partial charge in [0.2, 0.25) is 0 Å². The second-order valence-corrected chi connectivity index (χ2v) is 8.27. The standard InChI is InChI=1S/C12H13NO2S3/c14-18(15,12-6-3-9-17-12)13-7-1-4-10(13)11-5-2-8-16-11/h2-3,5-6,8-10H,1,4,7H2. The highest BCUT2D eigenvalue weighted by Crippen LogP contribution is 2.39. The molecule has 0 aromatic carbocycles. The Morgan fingerprint density at radius 1 is 1.17 bits per heavy atom. The van der Waals surface area contributed by atoms with E-state index in [1.807, 2.05) is 22.9 Å². The van der Waals surface area contributed by atoms with Crippen molar-refractivity contribution < 1.29 is 8.42 Å². The molecule has 1 saturated heterocycles. The molecule has 2 aromatic heterocycles. The maximum absolute atomic E-state index is 12.5. The molecule has 1 fully saturated rings. The third-order valence-corrected chi connectivity index (χ3v) is 7.39. The molecule has 2 aromatic rings. The Balaban J connectivity index is 1.97. The number of thiophene rings is 2. The van der Waals surface area contributed by atoms with E-state index in [9.17, 15) is 8.42 Å². The van der Waals surface area contributed by atoms with Crippen molar-refractivity contribution in [2.24, 2.45) is 0 Å². The third-order valence-electron chi connectivity index (χ3n) is 3.13. The van der Waals surface area contributed by atoms with Gasteiger partial charge < -0.3 is 0 Å². The predicted octanol–water partition coefficient (Wildman–Crippen LogP) is 3.34. The van der Waals surface area contributed by atoms with Crippen LogP contribution in [0.1, 0.15) is 23.8 Å². The van der Waals surface area contributed by atoms with Crippen LogP contribution in [0.15, 0.2) is 39.2 Å². The van der Waals surface area contributed by atoms with Gasteiger partial charge in [-0.05, 0) is 35.7 Å². The molecule has 0 radical (unpaired) electrons. The van der Waals surface area contributed by atoms with Crippen molar-refractivity contribution in [2.75, 3.05) is 6.54 Å². The molecule has 1 aliphatic heterocycles. The van der Waals surface area contributed by atoms with Crippen molar-refractivity contribution in [3.05, 3.63) is 39.9 Å². The van der Waals surface area contributed by atoms with E-state index in [4.69, 9.17) is 0 Å². The molecule has 0 bridgehead atoms. The zero-order valence-corrected chi connectivity index (χ0v) is 12.1. The van der Waals surface area contributed by atoms with Crippen LogP contribution in [0.3, 0.4) is 0 Å². The van der Waals surface area contributed by atoms with Gasteiger partial charge in [-0.25, -0.2) is 8.42 Å². The van der Waals surface area contributed by atoms with Gasteiger partial charge in [-0.15, -0.1) is 22.7 Å². The minimum absolute atomic E-state index is 0.0251. The largest absolute Gasteiger partial charge is 0.253 e. The molecule has 3 heterocycles. The van der Waals surface area contributed by atoms with Crippen LogP contribution in [0.4, 0.5) is 0 Å². The van der Waals surface area contributed by atoms with Crippen molar-refractivity contribution in [2.45, 2.75) is 23.1 Å². The summed E-state index contributed by atoms with van der Waals surface area (Å²) in [5.41, 5.74) is 0. The molecule has 0 N–H and O–H groups in total. The van der Waals surface area contributed by atoms with Crippen LogP contribution in [0.5, 0.6) is 0 Å². The molecule has 96 valence electrons. The molecule has 0 spiro atoms. The molecule has 0 saturated carbocycles. The number of rotatable bonds is 3. The number of hydrogen-bond donors (Lipinski definition) is 0. The summed E-state index contributed by atoms with van der Waals surface area (Å²) >= 11 is 2.92. The third kappa shape index (κ3) is 2.03. The van der Waals surface area contributed by atoms with Crippen LogP contribution in [-0.4, -0.2) is 19.3 Å². The van der Waals surface area contributed by atoms with Crippen LogP contribution in [0.25, 0.3) is 0 Å². The smallest absolute Gasteiger partial charge is 0.206 e. The maximum atomic E-state index is 12.5. The number of sulfonamides is 1. The summed E-state index contributed by atoms with van der Waals surface area (Å²) in [4.78, 5) is 1.15. The fourth-order valence-corrected chi connectivity index (χ4v) is 6.05. The van der Waals surface area contributed by atoms with Crippen LogP contribution >= 0.6 is 22.7 Å². The fraction of sp³-hybridized carbons (Fsp3) is 0.333. The summed E-state index contributed by atoms with van der Waals surface area (Å²) in [6.45, 7) is 0.628. The molecular weight excluding hydrogens is 286 g/mol. The Morgan fingerprint density at radius 3 is 2.61 bits per heavy atom. The van der Waals surface area contributed by atoms with Gasteiger partial charge in [-0.2, -0.15) is 4.31 Å². The molecule has 1 atom stereocenters. The van der Waals surface area contributed by atoms with Gasteiger partial charge in [-0.1, -0.05) is 12.1 Å². The van der Waals surface area contributed by atoms with E-state index in [2.05, 4.69) is 0 Å². The molecule has 18 heavy (non-hydrogen) atoms. The topological polar surface area (TPSA) is 37.4 Å². The average molecular weight is 299 g/mol. The average Bonchev–Trinajstić information content (AvgIpc) is 3.11. The fourth-order valence-electron chi connectivity index (χ4n) is 2.32. The molecule has 1 unspecified atom stereocenters. The molecule has 0 aliphatic carbocycles. The van der Waals surface area contributed by atoms with Crippen LogP contribution in [0.2, 0.25) is 0 Å². The SMILES string of the molecule is O=S(=O)(c1cccs1)N1CCCC1c1cccs1. The van der Waals surface area contributed by atoms with Crippen molar-refractivity contribution in [3.63, 3.8) is 0 Å². The van der Waals surface area contributed by atoms with E-state index >= 15 is 0 Å². The Labute approximate surface area is 115 Å². The highest BCUT2D eigenvalue weighted by molar-refractivity contribution is 7.91. The van der Waals surface area contributed by atoms with Crippen molar-refractivity contribution in [3.8, 4) is 0 Å². The lowest BCUT2D eigenvalue weighted by Crippen LogP contribution is -2.29. The summed E-state index contributed by atoms with van der Waals surface area (Å²) in [7, 11) is -3.31. The Morgan fingerprint density at radius 2 is 1.94 bits per heavy atom. The second-order valence-electron chi connectivity index (χ2n) is 4.22. The van der Waals surface area contributed by atoms with Gasteiger partial charge in [0, 0.05) is 11.4 Å². The molecular formula is C12H13NO2S3. The second kappa shape index (κ2) is 4.77. The van der Waals surface area contributed by atoms with Crippen LogP contribution in [0, 0.1) is 0 Å². The lowest BCUT2D eigenvalue weighted by Gasteiger charge is -2.22. The summed E-state index contributed by atoms with van der Waals surface area (Å²) < 4.78 is 27.2. The Kier molecular flexibility index (Phi) is 3.27. The van der Waals surface area contributed by atoms with E-state index in [1.54, 1.807) is 27.8 Å². The quantitative estimate of drug-likeness (QED) is 0.871. The summed E-state index contributed by atoms with van der Waals surface area (Å²) in [6.07, 6.45) is 1.86. The van der Waals surface area contributed by atoms with Gasteiger partial charge in [-0.3, -0.25) is 0 Å². The first kappa shape index (κ1) is 12.3. The zero-order valence-electron chi connectivity index (χ0n) is 9.65. The first-order chi connectivity index (χ1) is 8.69. The van der Waals surface area contributed by atoms with Crippen LogP contribution < -0.4 is 0 Å². The van der Waals surface area contributed by atoms with Crippen LogP contribution in [-0.2, 0) is 10.0 Å². The predicted molar refractivity (Wildman–Crippen MR) is 74.5 cm³/mol. The van der Waals surface area contributed by atoms with Crippen molar-refractivity contribution in [1.82, 2.24) is 4.31 Å². The highest BCUT2D eigenvalue weighted by atomic mass is 32.2. The van der Waals surface area contributed by atoms with E-state index in [-0.39, 0.29) is 6.04 Å². The van der Waals surface area contributed by atoms with E-state index < -0.39 is 10.0 Å². The highest BCUT2D eigenvalue weighted by Gasteiger charge is 2.36. The first-order valence-corrected chi connectivity index (χ1v) is 8.98. The molecule has 0 amide bonds. The van der Waals surface area contributed by atoms with Gasteiger partial charge in [0.25, 0.3) is 10.0 Å². The van der Waals surface area contributed by atoms with E-state index in [0.717, 1.165) is 17.7 Å². The molecule has 3 rings (SSSR count). The van der Waals surface area contributed by atoms with Gasteiger partial charge in [0.05, 0.1) is 6.04 Å². The molecule has 3 nitrogen and oxygen atoms in total. The molecule has 1 aliphatic rings. The lowest BCUT2D eigenvalue weighted by molar-refractivity contribution is 0.402. The summed E-state index contributed by atoms with van der Waals surface area (Å²) in [6, 6.07) is 7.50. The first-order valence-electron chi connectivity index (χ1n) is 5.78. The Hall–Kier alpha value is -0.690. The Bertz CT molecular complexity index is 602.